The highest BCUT2D eigenvalue weighted by Gasteiger charge is 2.40. The van der Waals surface area contributed by atoms with Crippen LogP contribution in [0.4, 0.5) is 0 Å². The third-order valence-corrected chi connectivity index (χ3v) is 7.22. The Hall–Kier alpha value is -2.04. The van der Waals surface area contributed by atoms with Crippen molar-refractivity contribution >= 4 is 11.3 Å². The fourth-order valence-corrected chi connectivity index (χ4v) is 5.99. The molecule has 3 nitrogen and oxygen atoms in total. The normalized spacial score (nSPS) is 25.0. The van der Waals surface area contributed by atoms with Crippen molar-refractivity contribution in [1.29, 1.82) is 0 Å². The molecule has 0 N–H and O–H groups in total. The van der Waals surface area contributed by atoms with Gasteiger partial charge in [0.05, 0.1) is 9.88 Å². The van der Waals surface area contributed by atoms with Gasteiger partial charge in [0.1, 0.15) is 0 Å². The molecular weight excluding hydrogens is 350 g/mol. The summed E-state index contributed by atoms with van der Waals surface area (Å²) in [5, 5.41) is 1.31. The average Bonchev–Trinajstić information content (AvgIpc) is 3.39. The number of fused-ring (bicyclic) bond motifs is 1. The van der Waals surface area contributed by atoms with Crippen LogP contribution in [-0.4, -0.2) is 28.0 Å². The van der Waals surface area contributed by atoms with Gasteiger partial charge in [0.25, 0.3) is 0 Å². The number of benzene rings is 1. The number of hydrogen-bond donors (Lipinski definition) is 0. The van der Waals surface area contributed by atoms with E-state index >= 15 is 0 Å². The highest BCUT2D eigenvalue weighted by Crippen LogP contribution is 2.43. The molecule has 2 aromatic heterocycles. The molecule has 138 valence electrons. The van der Waals surface area contributed by atoms with Gasteiger partial charge in [-0.2, -0.15) is 0 Å². The average molecular weight is 376 g/mol. The molecule has 27 heavy (non-hydrogen) atoms. The minimum absolute atomic E-state index is 0.817. The number of hydrogen-bond acceptors (Lipinski definition) is 4. The van der Waals surface area contributed by atoms with E-state index in [2.05, 4.69) is 58.5 Å². The van der Waals surface area contributed by atoms with E-state index in [1.54, 1.807) is 0 Å². The van der Waals surface area contributed by atoms with Gasteiger partial charge in [0.15, 0.2) is 0 Å². The van der Waals surface area contributed by atoms with E-state index in [1.807, 2.05) is 23.7 Å². The lowest BCUT2D eigenvalue weighted by atomic mass is 10.0. The Morgan fingerprint density at radius 2 is 1.70 bits per heavy atom. The Morgan fingerprint density at radius 3 is 2.44 bits per heavy atom. The van der Waals surface area contributed by atoms with Crippen LogP contribution in [0, 0.1) is 17.8 Å². The lowest BCUT2D eigenvalue weighted by Gasteiger charge is -2.18. The fraction of sp³-hybridized carbons (Fsp3) is 0.391. The van der Waals surface area contributed by atoms with E-state index in [0.717, 1.165) is 30.7 Å². The van der Waals surface area contributed by atoms with Crippen LogP contribution in [-0.2, 0) is 13.0 Å². The summed E-state index contributed by atoms with van der Waals surface area (Å²) in [6.45, 7) is 3.60. The predicted octanol–water partition coefficient (Wildman–Crippen LogP) is 4.91. The molecular formula is C23H25N3S. The maximum absolute atomic E-state index is 4.72. The predicted molar refractivity (Wildman–Crippen MR) is 110 cm³/mol. The first-order chi connectivity index (χ1) is 13.3. The highest BCUT2D eigenvalue weighted by molar-refractivity contribution is 7.15. The Morgan fingerprint density at radius 1 is 0.963 bits per heavy atom. The van der Waals surface area contributed by atoms with Gasteiger partial charge in [-0.05, 0) is 53.9 Å². The molecule has 3 atom stereocenters. The molecule has 1 saturated heterocycles. The zero-order valence-corrected chi connectivity index (χ0v) is 16.3. The Bertz CT molecular complexity index is 863. The van der Waals surface area contributed by atoms with E-state index in [4.69, 9.17) is 4.98 Å². The second-order valence-electron chi connectivity index (χ2n) is 8.10. The molecule has 1 aliphatic heterocycles. The lowest BCUT2D eigenvalue weighted by molar-refractivity contribution is 0.290. The number of nitrogens with zero attached hydrogens (tertiary/aromatic N) is 3. The Balaban J connectivity index is 1.16. The second-order valence-corrected chi connectivity index (χ2v) is 9.21. The van der Waals surface area contributed by atoms with Crippen molar-refractivity contribution in [2.75, 3.05) is 13.1 Å². The quantitative estimate of drug-likeness (QED) is 0.635. The SMILES string of the molecule is c1ccc(-c2cnc(CC3C[C@@H]4CN(Cc5ccncc5)C[C@@H]4C3)s2)cc1. The highest BCUT2D eigenvalue weighted by atomic mass is 32.1. The molecule has 0 radical (unpaired) electrons. The van der Waals surface area contributed by atoms with Gasteiger partial charge < -0.3 is 0 Å². The third-order valence-electron chi connectivity index (χ3n) is 6.15. The fourth-order valence-electron chi connectivity index (χ4n) is 4.95. The Kier molecular flexibility index (Phi) is 4.76. The summed E-state index contributed by atoms with van der Waals surface area (Å²) in [6, 6.07) is 14.9. The van der Waals surface area contributed by atoms with E-state index in [-0.39, 0.29) is 0 Å². The minimum Gasteiger partial charge on any atom is -0.299 e. The smallest absolute Gasteiger partial charge is 0.0934 e. The summed E-state index contributed by atoms with van der Waals surface area (Å²) in [5.41, 5.74) is 2.68. The maximum atomic E-state index is 4.72. The maximum Gasteiger partial charge on any atom is 0.0934 e. The molecule has 3 heterocycles. The van der Waals surface area contributed by atoms with Gasteiger partial charge in [-0.25, -0.2) is 4.98 Å². The molecule has 1 aromatic carbocycles. The summed E-state index contributed by atoms with van der Waals surface area (Å²) < 4.78 is 0. The zero-order chi connectivity index (χ0) is 18.1. The molecule has 0 bridgehead atoms. The van der Waals surface area contributed by atoms with Gasteiger partial charge in [0, 0.05) is 44.6 Å². The molecule has 2 aliphatic rings. The second kappa shape index (κ2) is 7.53. The number of thiazole rings is 1. The molecule has 1 aliphatic carbocycles. The molecule has 3 aromatic rings. The summed E-state index contributed by atoms with van der Waals surface area (Å²) in [5.74, 6) is 2.58. The largest absolute Gasteiger partial charge is 0.299 e. The summed E-state index contributed by atoms with van der Waals surface area (Å²) in [4.78, 5) is 12.8. The van der Waals surface area contributed by atoms with Gasteiger partial charge in [0.2, 0.25) is 0 Å². The zero-order valence-electron chi connectivity index (χ0n) is 15.5. The van der Waals surface area contributed by atoms with E-state index in [0.29, 0.717) is 0 Å². The van der Waals surface area contributed by atoms with Crippen molar-refractivity contribution in [3.63, 3.8) is 0 Å². The van der Waals surface area contributed by atoms with Crippen molar-refractivity contribution in [2.45, 2.75) is 25.8 Å². The van der Waals surface area contributed by atoms with Crippen LogP contribution in [0.15, 0.2) is 61.1 Å². The van der Waals surface area contributed by atoms with Gasteiger partial charge >= 0.3 is 0 Å². The van der Waals surface area contributed by atoms with Crippen molar-refractivity contribution in [2.24, 2.45) is 17.8 Å². The Labute approximate surface area is 165 Å². The molecule has 1 unspecified atom stereocenters. The molecule has 4 heteroatoms. The summed E-state index contributed by atoms with van der Waals surface area (Å²) in [7, 11) is 0. The van der Waals surface area contributed by atoms with Gasteiger partial charge in [-0.1, -0.05) is 30.3 Å². The third kappa shape index (κ3) is 3.83. The molecule has 5 rings (SSSR count). The first-order valence-corrected chi connectivity index (χ1v) is 10.8. The van der Waals surface area contributed by atoms with Crippen LogP contribution in [0.2, 0.25) is 0 Å². The van der Waals surface area contributed by atoms with Crippen LogP contribution in [0.3, 0.4) is 0 Å². The van der Waals surface area contributed by atoms with Crippen LogP contribution in [0.25, 0.3) is 10.4 Å². The lowest BCUT2D eigenvalue weighted by Crippen LogP contribution is -2.22. The summed E-state index contributed by atoms with van der Waals surface area (Å²) in [6.07, 6.45) is 9.77. The van der Waals surface area contributed by atoms with Crippen LogP contribution >= 0.6 is 11.3 Å². The van der Waals surface area contributed by atoms with Crippen LogP contribution in [0.1, 0.15) is 23.4 Å². The number of aromatic nitrogens is 2. The first kappa shape index (κ1) is 17.1. The first-order valence-electron chi connectivity index (χ1n) is 9.95. The van der Waals surface area contributed by atoms with E-state index < -0.39 is 0 Å². The number of pyridine rings is 1. The van der Waals surface area contributed by atoms with Crippen LogP contribution in [0.5, 0.6) is 0 Å². The van der Waals surface area contributed by atoms with Crippen molar-refractivity contribution in [1.82, 2.24) is 14.9 Å². The monoisotopic (exact) mass is 375 g/mol. The number of rotatable bonds is 5. The van der Waals surface area contributed by atoms with E-state index in [9.17, 15) is 0 Å². The van der Waals surface area contributed by atoms with Crippen molar-refractivity contribution < 1.29 is 0 Å². The topological polar surface area (TPSA) is 29.0 Å². The van der Waals surface area contributed by atoms with Gasteiger partial charge in [-0.15, -0.1) is 11.3 Å². The summed E-state index contributed by atoms with van der Waals surface area (Å²) >= 11 is 1.88. The molecule has 1 saturated carbocycles. The molecule has 0 amide bonds. The van der Waals surface area contributed by atoms with Gasteiger partial charge in [-0.3, -0.25) is 9.88 Å². The van der Waals surface area contributed by atoms with Crippen molar-refractivity contribution in [3.05, 3.63) is 71.6 Å². The van der Waals surface area contributed by atoms with E-state index in [1.165, 1.54) is 46.9 Å². The standard InChI is InChI=1S/C23H25N3S/c1-2-4-19(5-3-1)22-13-25-23(27-22)12-18-10-20-15-26(16-21(20)11-18)14-17-6-8-24-9-7-17/h1-9,13,18,20-21H,10-12,14-16H2/t18?,20-,21+. The minimum atomic E-state index is 0.817. The number of likely N-dealkylation sites (tertiary alicyclic amines) is 1. The molecule has 0 spiro atoms. The van der Waals surface area contributed by atoms with Crippen molar-refractivity contribution in [3.8, 4) is 10.4 Å². The molecule has 2 fully saturated rings. The van der Waals surface area contributed by atoms with Crippen LogP contribution < -0.4 is 0 Å².